The molecule has 0 radical (unpaired) electrons. The molecule has 0 saturated heterocycles. The predicted molar refractivity (Wildman–Crippen MR) is 112 cm³/mol. The number of anilines is 1. The molecule has 1 aromatic heterocycles. The van der Waals surface area contributed by atoms with E-state index in [1.807, 2.05) is 65.3 Å². The van der Waals surface area contributed by atoms with Gasteiger partial charge in [-0.25, -0.2) is 4.98 Å². The zero-order valence-corrected chi connectivity index (χ0v) is 17.2. The van der Waals surface area contributed by atoms with E-state index < -0.39 is 11.7 Å². The van der Waals surface area contributed by atoms with Crippen LogP contribution >= 0.6 is 22.9 Å². The maximum atomic E-state index is 12.8. The molecule has 7 heteroatoms. The van der Waals surface area contributed by atoms with Crippen LogP contribution in [-0.2, 0) is 12.6 Å². The number of nitrogens with zero attached hydrogens (tertiary/aromatic N) is 1. The second kappa shape index (κ2) is 8.81. The second-order valence-corrected chi connectivity index (χ2v) is 6.81. The number of benzene rings is 2. The predicted octanol–water partition coefficient (Wildman–Crippen LogP) is 6.25. The molecule has 3 rings (SSSR count). The van der Waals surface area contributed by atoms with Crippen LogP contribution in [0.2, 0.25) is 0 Å². The molecule has 2 aromatic carbocycles. The third-order valence-electron chi connectivity index (χ3n) is 4.46. The highest BCUT2D eigenvalue weighted by Crippen LogP contribution is 2.32. The van der Waals surface area contributed by atoms with Crippen molar-refractivity contribution in [1.29, 1.82) is 0 Å². The summed E-state index contributed by atoms with van der Waals surface area (Å²) >= 11 is 2.02. The topological polar surface area (TPSA) is 34.1 Å². The van der Waals surface area contributed by atoms with Gasteiger partial charge in [-0.3, -0.25) is 0 Å². The molecular formula is C21H18F3IN2O. The lowest BCUT2D eigenvalue weighted by Crippen LogP contribution is -2.09. The van der Waals surface area contributed by atoms with Gasteiger partial charge in [-0.2, -0.15) is 13.2 Å². The van der Waals surface area contributed by atoms with Crippen LogP contribution in [0.1, 0.15) is 28.3 Å². The van der Waals surface area contributed by atoms with Crippen molar-refractivity contribution in [3.05, 3.63) is 89.1 Å². The number of aromatic nitrogens is 1. The quantitative estimate of drug-likeness (QED) is 0.323. The highest BCUT2D eigenvalue weighted by atomic mass is 127. The first-order valence-corrected chi connectivity index (χ1v) is 9.62. The first-order chi connectivity index (χ1) is 13.4. The fourth-order valence-electron chi connectivity index (χ4n) is 2.99. The van der Waals surface area contributed by atoms with Crippen LogP contribution in [0.25, 0.3) is 0 Å². The maximum Gasteiger partial charge on any atom is 0.416 e. The van der Waals surface area contributed by atoms with E-state index in [0.717, 1.165) is 40.5 Å². The standard InChI is InChI=1S/C21H18F3IN2O/c1-28-17-11-7-15(8-12-17)18(19-3-2-4-20(26-19)27-25)13-14-5-9-16(10-6-14)21(22,23)24/h2-12,18H,13H2,1H3,(H,26,27). The molecule has 1 N–H and O–H groups in total. The Kier molecular flexibility index (Phi) is 6.43. The fourth-order valence-corrected chi connectivity index (χ4v) is 3.29. The van der Waals surface area contributed by atoms with Gasteiger partial charge in [0.2, 0.25) is 0 Å². The summed E-state index contributed by atoms with van der Waals surface area (Å²) < 4.78 is 46.7. The van der Waals surface area contributed by atoms with Gasteiger partial charge in [0.1, 0.15) is 11.6 Å². The number of hydrogen-bond acceptors (Lipinski definition) is 3. The normalized spacial score (nSPS) is 12.5. The minimum absolute atomic E-state index is 0.104. The third kappa shape index (κ3) is 4.95. The Morgan fingerprint density at radius 2 is 1.68 bits per heavy atom. The molecule has 1 atom stereocenters. The molecule has 146 valence electrons. The molecule has 0 spiro atoms. The zero-order chi connectivity index (χ0) is 20.1. The van der Waals surface area contributed by atoms with Crippen molar-refractivity contribution in [2.75, 3.05) is 10.6 Å². The number of nitrogens with one attached hydrogen (secondary N) is 1. The monoisotopic (exact) mass is 498 g/mol. The van der Waals surface area contributed by atoms with Gasteiger partial charge in [-0.1, -0.05) is 30.3 Å². The maximum absolute atomic E-state index is 12.8. The van der Waals surface area contributed by atoms with Crippen molar-refractivity contribution in [3.63, 3.8) is 0 Å². The summed E-state index contributed by atoms with van der Waals surface area (Å²) in [5, 5.41) is 0. The lowest BCUT2D eigenvalue weighted by atomic mass is 9.88. The van der Waals surface area contributed by atoms with Gasteiger partial charge in [0.15, 0.2) is 0 Å². The van der Waals surface area contributed by atoms with Gasteiger partial charge >= 0.3 is 6.18 Å². The van der Waals surface area contributed by atoms with Gasteiger partial charge < -0.3 is 8.27 Å². The van der Waals surface area contributed by atoms with Crippen LogP contribution in [0.15, 0.2) is 66.7 Å². The number of hydrogen-bond donors (Lipinski definition) is 1. The number of ether oxygens (including phenoxy) is 1. The van der Waals surface area contributed by atoms with Crippen LogP contribution < -0.4 is 8.27 Å². The van der Waals surface area contributed by atoms with Gasteiger partial charge in [0, 0.05) is 5.92 Å². The van der Waals surface area contributed by atoms with E-state index in [2.05, 4.69) is 8.51 Å². The smallest absolute Gasteiger partial charge is 0.416 e. The highest BCUT2D eigenvalue weighted by molar-refractivity contribution is 14.1. The average Bonchev–Trinajstić information content (AvgIpc) is 2.72. The molecular weight excluding hydrogens is 480 g/mol. The molecule has 0 aliphatic carbocycles. The van der Waals surface area contributed by atoms with Crippen molar-refractivity contribution >= 4 is 28.7 Å². The molecule has 1 unspecified atom stereocenters. The summed E-state index contributed by atoms with van der Waals surface area (Å²) in [5.41, 5.74) is 2.01. The summed E-state index contributed by atoms with van der Waals surface area (Å²) in [5.74, 6) is 1.36. The summed E-state index contributed by atoms with van der Waals surface area (Å²) in [7, 11) is 1.60. The van der Waals surface area contributed by atoms with Crippen LogP contribution in [0.4, 0.5) is 19.0 Å². The highest BCUT2D eigenvalue weighted by Gasteiger charge is 2.30. The second-order valence-electron chi connectivity index (χ2n) is 6.27. The number of pyridine rings is 1. The SMILES string of the molecule is COc1ccc(C(Cc2ccc(C(F)(F)F)cc2)c2cccc(NI)n2)cc1. The van der Waals surface area contributed by atoms with Crippen molar-refractivity contribution in [1.82, 2.24) is 4.98 Å². The Morgan fingerprint density at radius 3 is 2.25 bits per heavy atom. The van der Waals surface area contributed by atoms with E-state index in [1.54, 1.807) is 7.11 Å². The van der Waals surface area contributed by atoms with Gasteiger partial charge in [0.05, 0.1) is 41.2 Å². The lowest BCUT2D eigenvalue weighted by molar-refractivity contribution is -0.137. The average molecular weight is 498 g/mol. The number of rotatable bonds is 6. The molecule has 0 fully saturated rings. The van der Waals surface area contributed by atoms with E-state index in [4.69, 9.17) is 4.74 Å². The van der Waals surface area contributed by atoms with Crippen LogP contribution in [0.5, 0.6) is 5.75 Å². The van der Waals surface area contributed by atoms with E-state index in [-0.39, 0.29) is 5.92 Å². The van der Waals surface area contributed by atoms with Gasteiger partial charge in [-0.05, 0) is 53.9 Å². The largest absolute Gasteiger partial charge is 0.497 e. The van der Waals surface area contributed by atoms with Crippen LogP contribution in [0, 0.1) is 0 Å². The zero-order valence-electron chi connectivity index (χ0n) is 15.0. The number of halogens is 4. The molecule has 0 saturated carbocycles. The number of methoxy groups -OCH3 is 1. The van der Waals surface area contributed by atoms with Crippen molar-refractivity contribution in [2.45, 2.75) is 18.5 Å². The first-order valence-electron chi connectivity index (χ1n) is 8.54. The Labute approximate surface area is 175 Å². The number of alkyl halides is 3. The Morgan fingerprint density at radius 1 is 1.00 bits per heavy atom. The molecule has 28 heavy (non-hydrogen) atoms. The van der Waals surface area contributed by atoms with Crippen molar-refractivity contribution in [3.8, 4) is 5.75 Å². The fraction of sp³-hybridized carbons (Fsp3) is 0.190. The molecule has 1 heterocycles. The summed E-state index contributed by atoms with van der Waals surface area (Å²) in [6, 6.07) is 18.7. The van der Waals surface area contributed by atoms with E-state index in [9.17, 15) is 13.2 Å². The molecule has 0 aliphatic heterocycles. The summed E-state index contributed by atoms with van der Waals surface area (Å²) in [6.45, 7) is 0. The van der Waals surface area contributed by atoms with E-state index >= 15 is 0 Å². The van der Waals surface area contributed by atoms with E-state index in [1.165, 1.54) is 12.1 Å². The van der Waals surface area contributed by atoms with Gasteiger partial charge in [0.25, 0.3) is 0 Å². The molecule has 0 bridgehead atoms. The Balaban J connectivity index is 1.95. The molecule has 3 aromatic rings. The third-order valence-corrected chi connectivity index (χ3v) is 5.02. The minimum Gasteiger partial charge on any atom is -0.497 e. The summed E-state index contributed by atoms with van der Waals surface area (Å²) in [6.07, 6.45) is -3.81. The lowest BCUT2D eigenvalue weighted by Gasteiger charge is -2.19. The van der Waals surface area contributed by atoms with Gasteiger partial charge in [-0.15, -0.1) is 0 Å². The van der Waals surface area contributed by atoms with E-state index in [0.29, 0.717) is 6.42 Å². The Bertz CT molecular complexity index is 912. The molecule has 0 aliphatic rings. The molecule has 3 nitrogen and oxygen atoms in total. The van der Waals surface area contributed by atoms with Crippen LogP contribution in [0.3, 0.4) is 0 Å². The Hall–Kier alpha value is -2.29. The first kappa shape index (κ1) is 20.4. The molecule has 0 amide bonds. The summed E-state index contributed by atoms with van der Waals surface area (Å²) in [4.78, 5) is 4.63. The van der Waals surface area contributed by atoms with Crippen molar-refractivity contribution < 1.29 is 17.9 Å². The van der Waals surface area contributed by atoms with Crippen LogP contribution in [-0.4, -0.2) is 12.1 Å². The minimum atomic E-state index is -4.34. The van der Waals surface area contributed by atoms with Crippen molar-refractivity contribution in [2.24, 2.45) is 0 Å².